The molecule has 0 saturated carbocycles. The zero-order valence-electron chi connectivity index (χ0n) is 6.46. The van der Waals surface area contributed by atoms with Crippen LogP contribution in [0.2, 0.25) is 0 Å². The van der Waals surface area contributed by atoms with Crippen LogP contribution in [0, 0.1) is 0 Å². The SMILES string of the molecule is CC1(C(F)(F)C(F)C(F)(F)F)CO1. The van der Waals surface area contributed by atoms with Gasteiger partial charge in [-0.2, -0.15) is 22.0 Å². The summed E-state index contributed by atoms with van der Waals surface area (Å²) in [4.78, 5) is 0. The van der Waals surface area contributed by atoms with Gasteiger partial charge in [0.25, 0.3) is 6.17 Å². The van der Waals surface area contributed by atoms with Crippen molar-refractivity contribution in [2.75, 3.05) is 6.61 Å². The molecule has 0 amide bonds. The fourth-order valence-corrected chi connectivity index (χ4v) is 0.774. The summed E-state index contributed by atoms with van der Waals surface area (Å²) in [5.41, 5.74) is -2.30. The molecule has 1 nitrogen and oxygen atoms in total. The molecule has 0 aromatic rings. The van der Waals surface area contributed by atoms with Gasteiger partial charge < -0.3 is 4.74 Å². The summed E-state index contributed by atoms with van der Waals surface area (Å²) in [5, 5.41) is 0. The minimum Gasteiger partial charge on any atom is -0.363 e. The molecule has 78 valence electrons. The second-order valence-electron chi connectivity index (χ2n) is 3.05. The number of hydrogen-bond acceptors (Lipinski definition) is 1. The summed E-state index contributed by atoms with van der Waals surface area (Å²) in [6.45, 7) is 0.182. The smallest absolute Gasteiger partial charge is 0.363 e. The van der Waals surface area contributed by atoms with E-state index in [-0.39, 0.29) is 0 Å². The molecule has 13 heavy (non-hydrogen) atoms. The molecule has 0 aromatic heterocycles. The number of epoxide rings is 1. The van der Waals surface area contributed by atoms with Crippen LogP contribution >= 0.6 is 0 Å². The normalized spacial score (nSPS) is 31.6. The van der Waals surface area contributed by atoms with Crippen LogP contribution in [0.5, 0.6) is 0 Å². The predicted octanol–water partition coefficient (Wildman–Crippen LogP) is 2.31. The third kappa shape index (κ3) is 1.61. The van der Waals surface area contributed by atoms with Gasteiger partial charge in [-0.1, -0.05) is 0 Å². The number of rotatable bonds is 2. The van der Waals surface area contributed by atoms with Gasteiger partial charge in [-0.3, -0.25) is 0 Å². The van der Waals surface area contributed by atoms with Crippen LogP contribution in [0.15, 0.2) is 0 Å². The van der Waals surface area contributed by atoms with Crippen LogP contribution in [0.1, 0.15) is 6.92 Å². The Bertz CT molecular complexity index is 206. The van der Waals surface area contributed by atoms with Crippen LogP contribution in [-0.2, 0) is 4.74 Å². The Kier molecular flexibility index (Phi) is 2.06. The third-order valence-electron chi connectivity index (χ3n) is 1.89. The molecule has 0 N–H and O–H groups in total. The first kappa shape index (κ1) is 10.6. The molecule has 1 heterocycles. The summed E-state index contributed by atoms with van der Waals surface area (Å²) >= 11 is 0. The maximum absolute atomic E-state index is 12.7. The van der Waals surface area contributed by atoms with Crippen LogP contribution in [0.3, 0.4) is 0 Å². The van der Waals surface area contributed by atoms with Crippen molar-refractivity contribution in [2.45, 2.75) is 30.8 Å². The number of alkyl halides is 6. The number of ether oxygens (including phenoxy) is 1. The molecule has 7 heteroatoms. The van der Waals surface area contributed by atoms with Crippen molar-refractivity contribution >= 4 is 0 Å². The highest BCUT2D eigenvalue weighted by Gasteiger charge is 2.71. The van der Waals surface area contributed by atoms with E-state index in [0.717, 1.165) is 6.92 Å². The fourth-order valence-electron chi connectivity index (χ4n) is 0.774. The second-order valence-corrected chi connectivity index (χ2v) is 3.05. The Labute approximate surface area is 69.7 Å². The number of halogens is 6. The predicted molar refractivity (Wildman–Crippen MR) is 30.3 cm³/mol. The van der Waals surface area contributed by atoms with Crippen LogP contribution in [0.25, 0.3) is 0 Å². The zero-order valence-corrected chi connectivity index (χ0v) is 6.46. The largest absolute Gasteiger partial charge is 0.425 e. The van der Waals surface area contributed by atoms with E-state index < -0.39 is 30.5 Å². The Morgan fingerprint density at radius 2 is 1.62 bits per heavy atom. The maximum atomic E-state index is 12.7. The van der Waals surface area contributed by atoms with Crippen molar-refractivity contribution in [1.82, 2.24) is 0 Å². The van der Waals surface area contributed by atoms with Gasteiger partial charge in [0, 0.05) is 0 Å². The minimum atomic E-state index is -5.56. The molecule has 1 saturated heterocycles. The van der Waals surface area contributed by atoms with E-state index in [0.29, 0.717) is 0 Å². The van der Waals surface area contributed by atoms with E-state index in [1.807, 2.05) is 0 Å². The summed E-state index contributed by atoms with van der Waals surface area (Å²) < 4.78 is 76.5. The van der Waals surface area contributed by atoms with E-state index in [1.54, 1.807) is 0 Å². The summed E-state index contributed by atoms with van der Waals surface area (Å²) in [6.07, 6.45) is -9.73. The van der Waals surface area contributed by atoms with Crippen molar-refractivity contribution in [3.05, 3.63) is 0 Å². The van der Waals surface area contributed by atoms with Gasteiger partial charge in [-0.05, 0) is 6.92 Å². The lowest BCUT2D eigenvalue weighted by molar-refractivity contribution is -0.259. The molecule has 1 aliphatic rings. The van der Waals surface area contributed by atoms with E-state index in [9.17, 15) is 26.3 Å². The molecule has 1 aliphatic heterocycles. The van der Waals surface area contributed by atoms with E-state index in [1.165, 1.54) is 0 Å². The number of hydrogen-bond donors (Lipinski definition) is 0. The average molecular weight is 208 g/mol. The lowest BCUT2D eigenvalue weighted by atomic mass is 10.00. The van der Waals surface area contributed by atoms with Crippen LogP contribution in [-0.4, -0.2) is 30.5 Å². The Balaban J connectivity index is 2.81. The maximum Gasteiger partial charge on any atom is 0.425 e. The van der Waals surface area contributed by atoms with Gasteiger partial charge in [0.2, 0.25) is 0 Å². The highest BCUT2D eigenvalue weighted by Crippen LogP contribution is 2.49. The van der Waals surface area contributed by atoms with Gasteiger partial charge in [0.05, 0.1) is 6.61 Å². The van der Waals surface area contributed by atoms with Crippen molar-refractivity contribution in [2.24, 2.45) is 0 Å². The highest BCUT2D eigenvalue weighted by atomic mass is 19.4. The quantitative estimate of drug-likeness (QED) is 0.501. The van der Waals surface area contributed by atoms with Gasteiger partial charge in [0.15, 0.2) is 5.60 Å². The fraction of sp³-hybridized carbons (Fsp3) is 1.00. The van der Waals surface area contributed by atoms with Crippen LogP contribution in [0.4, 0.5) is 26.3 Å². The molecule has 2 atom stereocenters. The summed E-state index contributed by atoms with van der Waals surface area (Å²) in [7, 11) is 0. The van der Waals surface area contributed by atoms with Crippen molar-refractivity contribution in [3.8, 4) is 0 Å². The molecule has 0 bridgehead atoms. The molecular weight excluding hydrogens is 202 g/mol. The monoisotopic (exact) mass is 208 g/mol. The molecule has 1 fully saturated rings. The first-order chi connectivity index (χ1) is 5.61. The molecule has 0 radical (unpaired) electrons. The molecule has 1 rings (SSSR count). The summed E-state index contributed by atoms with van der Waals surface area (Å²) in [5.74, 6) is -4.52. The van der Waals surface area contributed by atoms with E-state index in [2.05, 4.69) is 4.74 Å². The van der Waals surface area contributed by atoms with Crippen molar-refractivity contribution in [1.29, 1.82) is 0 Å². The lowest BCUT2D eigenvalue weighted by Crippen LogP contribution is -2.50. The molecule has 0 spiro atoms. The summed E-state index contributed by atoms with van der Waals surface area (Å²) in [6, 6.07) is 0. The molecule has 0 aliphatic carbocycles. The van der Waals surface area contributed by atoms with Crippen molar-refractivity contribution < 1.29 is 31.1 Å². The second kappa shape index (κ2) is 2.52. The van der Waals surface area contributed by atoms with Gasteiger partial charge in [-0.15, -0.1) is 0 Å². The lowest BCUT2D eigenvalue weighted by Gasteiger charge is -2.25. The molecular formula is C6H6F6O. The Hall–Kier alpha value is -0.460. The average Bonchev–Trinajstić information content (AvgIpc) is 2.65. The Morgan fingerprint density at radius 1 is 1.23 bits per heavy atom. The van der Waals surface area contributed by atoms with Gasteiger partial charge in [-0.25, -0.2) is 4.39 Å². The Morgan fingerprint density at radius 3 is 1.85 bits per heavy atom. The highest BCUT2D eigenvalue weighted by molar-refractivity contribution is 5.05. The topological polar surface area (TPSA) is 12.5 Å². The van der Waals surface area contributed by atoms with Crippen LogP contribution < -0.4 is 0 Å². The first-order valence-electron chi connectivity index (χ1n) is 3.34. The standard InChI is InChI=1S/C6H6F6O/c1-4(2-13-4)5(8,9)3(7)6(10,11)12/h3H,2H2,1H3. The van der Waals surface area contributed by atoms with Gasteiger partial charge >= 0.3 is 12.1 Å². The molecule has 2 unspecified atom stereocenters. The molecule has 0 aromatic carbocycles. The van der Waals surface area contributed by atoms with Crippen molar-refractivity contribution in [3.63, 3.8) is 0 Å². The third-order valence-corrected chi connectivity index (χ3v) is 1.89. The first-order valence-corrected chi connectivity index (χ1v) is 3.34. The minimum absolute atomic E-state index is 0.559. The van der Waals surface area contributed by atoms with Gasteiger partial charge in [0.1, 0.15) is 0 Å². The van der Waals surface area contributed by atoms with E-state index in [4.69, 9.17) is 0 Å². The van der Waals surface area contributed by atoms with E-state index >= 15 is 0 Å². The zero-order chi connectivity index (χ0) is 10.5.